The molecule has 9 nitrogen and oxygen atoms in total. The number of carboxylic acids is 2. The van der Waals surface area contributed by atoms with Gasteiger partial charge in [-0.2, -0.15) is 26.3 Å². The van der Waals surface area contributed by atoms with Crippen molar-refractivity contribution in [1.82, 2.24) is 9.88 Å². The number of hydrogen-bond acceptors (Lipinski definition) is 7. The number of fused-ring (bicyclic) bond motifs is 1. The first kappa shape index (κ1) is 32.0. The molecule has 2 aliphatic heterocycles. The second-order valence-electron chi connectivity index (χ2n) is 8.49. The van der Waals surface area contributed by atoms with E-state index >= 15 is 0 Å². The Morgan fingerprint density at radius 3 is 2.23 bits per heavy atom. The van der Waals surface area contributed by atoms with E-state index < -0.39 is 24.3 Å². The van der Waals surface area contributed by atoms with Crippen LogP contribution < -0.4 is 5.32 Å². The van der Waals surface area contributed by atoms with Crippen LogP contribution in [0.25, 0.3) is 0 Å². The van der Waals surface area contributed by atoms with Crippen molar-refractivity contribution < 1.29 is 55.7 Å². The topological polar surface area (TPSA) is 129 Å². The van der Waals surface area contributed by atoms with Crippen molar-refractivity contribution in [2.75, 3.05) is 18.4 Å². The highest BCUT2D eigenvalue weighted by molar-refractivity contribution is 7.09. The van der Waals surface area contributed by atoms with Gasteiger partial charge in [0.2, 0.25) is 0 Å². The Morgan fingerprint density at radius 2 is 1.72 bits per heavy atom. The van der Waals surface area contributed by atoms with Crippen molar-refractivity contribution in [3.05, 3.63) is 46.4 Å². The Hall–Kier alpha value is -3.24. The number of aliphatic carboxylic acids is 2. The van der Waals surface area contributed by atoms with Crippen LogP contribution in [-0.2, 0) is 25.7 Å². The van der Waals surface area contributed by atoms with E-state index in [4.69, 9.17) is 24.5 Å². The molecule has 3 N–H and O–H groups in total. The average molecular weight is 586 g/mol. The number of halogens is 6. The molecule has 2 aromatic heterocycles. The average Bonchev–Trinajstić information content (AvgIpc) is 3.50. The number of amides is 1. The summed E-state index contributed by atoms with van der Waals surface area (Å²) in [6.07, 6.45) is -6.70. The third-order valence-electron chi connectivity index (χ3n) is 5.64. The first-order valence-corrected chi connectivity index (χ1v) is 12.2. The first-order valence-electron chi connectivity index (χ1n) is 11.3. The van der Waals surface area contributed by atoms with Crippen LogP contribution in [0, 0.1) is 12.8 Å². The summed E-state index contributed by atoms with van der Waals surface area (Å²) in [5.41, 5.74) is 1.60. The number of aromatic nitrogens is 1. The fourth-order valence-corrected chi connectivity index (χ4v) is 4.51. The standard InChI is InChI=1S/C19H23N3O2S.2C2HF3O2/c1-13-16(5-2-7-20-13)21-19(23)17-10-14-6-8-22(12-18(14)24-17)11-15-4-3-9-25-15;2*3-2(4,5)1(6)7/h2-5,7,9,14,17-18H,6,8,10-12H2,1H3,(H,21,23);2*(H,6,7)/t14-,17+,18-;;/m0../s1. The van der Waals surface area contributed by atoms with Gasteiger partial charge in [-0.05, 0) is 55.8 Å². The number of carboxylic acid groups (broad SMARTS) is 2. The van der Waals surface area contributed by atoms with E-state index in [1.165, 1.54) is 4.88 Å². The maximum absolute atomic E-state index is 12.6. The molecule has 2 saturated heterocycles. The van der Waals surface area contributed by atoms with Crippen LogP contribution in [0.15, 0.2) is 35.8 Å². The van der Waals surface area contributed by atoms with Crippen molar-refractivity contribution in [3.63, 3.8) is 0 Å². The minimum atomic E-state index is -5.08. The van der Waals surface area contributed by atoms with Gasteiger partial charge in [-0.25, -0.2) is 9.59 Å². The second-order valence-corrected chi connectivity index (χ2v) is 9.53. The largest absolute Gasteiger partial charge is 0.490 e. The van der Waals surface area contributed by atoms with Gasteiger partial charge in [0.25, 0.3) is 5.91 Å². The van der Waals surface area contributed by atoms with E-state index in [-0.39, 0.29) is 18.1 Å². The number of rotatable bonds is 4. The number of ether oxygens (including phenoxy) is 1. The van der Waals surface area contributed by atoms with Crippen molar-refractivity contribution in [2.24, 2.45) is 5.92 Å². The SMILES string of the molecule is Cc1ncccc1NC(=O)[C@H]1C[C@@H]2CCN(Cc3cccs3)C[C@@H]2O1.O=C(O)C(F)(F)F.O=C(O)C(F)(F)F. The summed E-state index contributed by atoms with van der Waals surface area (Å²) in [6, 6.07) is 7.99. The molecule has 4 heterocycles. The first-order chi connectivity index (χ1) is 18.1. The Morgan fingerprint density at radius 1 is 1.10 bits per heavy atom. The Bertz CT molecular complexity index is 1090. The number of anilines is 1. The lowest BCUT2D eigenvalue weighted by Gasteiger charge is -2.33. The number of carbonyl (C=O) groups excluding carboxylic acids is 1. The molecule has 3 atom stereocenters. The van der Waals surface area contributed by atoms with Crippen LogP contribution >= 0.6 is 11.3 Å². The molecule has 2 aromatic rings. The summed E-state index contributed by atoms with van der Waals surface area (Å²) in [7, 11) is 0. The highest BCUT2D eigenvalue weighted by atomic mass is 32.1. The lowest BCUT2D eigenvalue weighted by atomic mass is 9.91. The Labute approximate surface area is 222 Å². The molecule has 2 fully saturated rings. The molecule has 4 rings (SSSR count). The number of nitrogens with zero attached hydrogens (tertiary/aromatic N) is 2. The zero-order valence-electron chi connectivity index (χ0n) is 20.3. The maximum atomic E-state index is 12.6. The monoisotopic (exact) mass is 585 g/mol. The van der Waals surface area contributed by atoms with Crippen LogP contribution in [0.2, 0.25) is 0 Å². The second kappa shape index (κ2) is 13.7. The normalized spacial score (nSPS) is 20.9. The van der Waals surface area contributed by atoms with Crippen LogP contribution in [0.3, 0.4) is 0 Å². The summed E-state index contributed by atoms with van der Waals surface area (Å²) in [6.45, 7) is 4.88. The van der Waals surface area contributed by atoms with Crippen molar-refractivity contribution in [1.29, 1.82) is 0 Å². The Balaban J connectivity index is 0.000000317. The van der Waals surface area contributed by atoms with Crippen LogP contribution in [0.1, 0.15) is 23.4 Å². The lowest BCUT2D eigenvalue weighted by Crippen LogP contribution is -2.41. The number of aryl methyl sites for hydroxylation is 1. The predicted octanol–water partition coefficient (Wildman–Crippen LogP) is 4.34. The molecule has 0 bridgehead atoms. The van der Waals surface area contributed by atoms with Crippen LogP contribution in [-0.4, -0.2) is 75.6 Å². The maximum Gasteiger partial charge on any atom is 0.490 e. The molecule has 0 saturated carbocycles. The molecule has 0 unspecified atom stereocenters. The Kier molecular flexibility index (Phi) is 11.2. The van der Waals surface area contributed by atoms with Gasteiger partial charge in [-0.15, -0.1) is 11.3 Å². The summed E-state index contributed by atoms with van der Waals surface area (Å²) >= 11 is 1.80. The number of alkyl halides is 6. The van der Waals surface area contributed by atoms with E-state index in [0.29, 0.717) is 5.92 Å². The lowest BCUT2D eigenvalue weighted by molar-refractivity contribution is -0.193. The van der Waals surface area contributed by atoms with Gasteiger partial charge in [0.05, 0.1) is 17.5 Å². The van der Waals surface area contributed by atoms with Gasteiger partial charge in [0, 0.05) is 24.2 Å². The van der Waals surface area contributed by atoms with Gasteiger partial charge >= 0.3 is 24.3 Å². The van der Waals surface area contributed by atoms with Crippen LogP contribution in [0.4, 0.5) is 32.0 Å². The number of thiophene rings is 1. The smallest absolute Gasteiger partial charge is 0.475 e. The third-order valence-corrected chi connectivity index (χ3v) is 6.50. The molecular formula is C23H25F6N3O6S. The van der Waals surface area contributed by atoms with Crippen molar-refractivity contribution in [3.8, 4) is 0 Å². The molecule has 2 aliphatic rings. The highest BCUT2D eigenvalue weighted by Crippen LogP contribution is 2.34. The van der Waals surface area contributed by atoms with Crippen molar-refractivity contribution in [2.45, 2.75) is 50.9 Å². The number of nitrogens with one attached hydrogen (secondary N) is 1. The quantitative estimate of drug-likeness (QED) is 0.453. The molecule has 216 valence electrons. The number of hydrogen-bond donors (Lipinski definition) is 3. The van der Waals surface area contributed by atoms with Crippen molar-refractivity contribution >= 4 is 34.9 Å². The zero-order chi connectivity index (χ0) is 29.4. The minimum absolute atomic E-state index is 0.0460. The number of pyridine rings is 1. The van der Waals surface area contributed by atoms with E-state index in [1.807, 2.05) is 19.1 Å². The van der Waals surface area contributed by atoms with Gasteiger partial charge in [0.15, 0.2) is 0 Å². The number of piperidine rings is 1. The molecule has 0 spiro atoms. The van der Waals surface area contributed by atoms with E-state index in [2.05, 4.69) is 32.7 Å². The summed E-state index contributed by atoms with van der Waals surface area (Å²) in [5.74, 6) is -5.07. The van der Waals surface area contributed by atoms with Gasteiger partial charge in [0.1, 0.15) is 6.10 Å². The molecular weight excluding hydrogens is 560 g/mol. The molecule has 0 radical (unpaired) electrons. The molecule has 0 aromatic carbocycles. The zero-order valence-corrected chi connectivity index (χ0v) is 21.1. The minimum Gasteiger partial charge on any atom is -0.475 e. The number of carbonyl (C=O) groups is 3. The van der Waals surface area contributed by atoms with Gasteiger partial charge in [-0.3, -0.25) is 14.7 Å². The molecule has 39 heavy (non-hydrogen) atoms. The highest BCUT2D eigenvalue weighted by Gasteiger charge is 2.42. The van der Waals surface area contributed by atoms with E-state index in [1.54, 1.807) is 17.5 Å². The summed E-state index contributed by atoms with van der Waals surface area (Å²) in [5, 5.41) is 19.3. The molecule has 16 heteroatoms. The number of likely N-dealkylation sites (tertiary alicyclic amines) is 1. The molecule has 0 aliphatic carbocycles. The van der Waals surface area contributed by atoms with E-state index in [9.17, 15) is 31.1 Å². The molecule has 1 amide bonds. The van der Waals surface area contributed by atoms with Crippen LogP contribution in [0.5, 0.6) is 0 Å². The summed E-state index contributed by atoms with van der Waals surface area (Å²) in [4.78, 5) is 38.4. The van der Waals surface area contributed by atoms with Gasteiger partial charge in [-0.1, -0.05) is 6.07 Å². The fourth-order valence-electron chi connectivity index (χ4n) is 3.76. The third kappa shape index (κ3) is 10.4. The predicted molar refractivity (Wildman–Crippen MR) is 126 cm³/mol. The van der Waals surface area contributed by atoms with E-state index in [0.717, 1.165) is 43.9 Å². The summed E-state index contributed by atoms with van der Waals surface area (Å²) < 4.78 is 69.6. The fraction of sp³-hybridized carbons (Fsp3) is 0.478. The van der Waals surface area contributed by atoms with Gasteiger partial charge < -0.3 is 20.3 Å².